The van der Waals surface area contributed by atoms with Crippen molar-refractivity contribution in [3.05, 3.63) is 12.5 Å². The molecule has 0 aliphatic carbocycles. The highest BCUT2D eigenvalue weighted by Crippen LogP contribution is 1.80. The van der Waals surface area contributed by atoms with Crippen LogP contribution in [-0.2, 0) is 0 Å². The smallest absolute Gasteiger partial charge is 0.202 e. The summed E-state index contributed by atoms with van der Waals surface area (Å²) in [6, 6.07) is 0. The topological polar surface area (TPSA) is 32.6 Å². The molecule has 0 spiro atoms. The van der Waals surface area contributed by atoms with Crippen LogP contribution in [0.4, 0.5) is 0 Å². The van der Waals surface area contributed by atoms with Crippen molar-refractivity contribution in [1.29, 1.82) is 0 Å². The zero-order valence-electron chi connectivity index (χ0n) is 4.39. The average molecular weight is 99.1 g/mol. The molecule has 0 aromatic carbocycles. The summed E-state index contributed by atoms with van der Waals surface area (Å²) < 4.78 is 0. The first kappa shape index (κ1) is 6.21. The number of rotatable bonds is 2. The van der Waals surface area contributed by atoms with E-state index in [9.17, 15) is 0 Å². The van der Waals surface area contributed by atoms with Crippen LogP contribution >= 0.6 is 0 Å². The molecule has 0 radical (unpaired) electrons. The van der Waals surface area contributed by atoms with E-state index in [1.807, 2.05) is 6.92 Å². The van der Waals surface area contributed by atoms with Gasteiger partial charge in [0.05, 0.1) is 0 Å². The van der Waals surface area contributed by atoms with Gasteiger partial charge in [0.1, 0.15) is 0 Å². The fraction of sp³-hybridized carbons (Fsp3) is 0.400. The van der Waals surface area contributed by atoms with Crippen LogP contribution in [0.15, 0.2) is 17.5 Å². The average Bonchev–Trinajstić information content (AvgIpc) is 1.61. The predicted octanol–water partition coefficient (Wildman–Crippen LogP) is 1.50. The number of hydrogen-bond acceptors (Lipinski definition) is 2. The summed E-state index contributed by atoms with van der Waals surface area (Å²) in [5.74, 6) is -0.123. The summed E-state index contributed by atoms with van der Waals surface area (Å²) in [6.45, 7) is 5.09. The third kappa shape index (κ3) is 5.21. The minimum Gasteiger partial charge on any atom is -0.494 e. The number of nitrogens with zero attached hydrogens (tertiary/aromatic N) is 1. The van der Waals surface area contributed by atoms with Gasteiger partial charge in [0.2, 0.25) is 5.88 Å². The molecule has 0 aliphatic heterocycles. The Morgan fingerprint density at radius 1 is 2.00 bits per heavy atom. The first-order valence-corrected chi connectivity index (χ1v) is 2.17. The lowest BCUT2D eigenvalue weighted by Gasteiger charge is -1.80. The Morgan fingerprint density at radius 3 is 2.71 bits per heavy atom. The van der Waals surface area contributed by atoms with Crippen LogP contribution in [-0.4, -0.2) is 11.3 Å². The van der Waals surface area contributed by atoms with Gasteiger partial charge in [-0.2, -0.15) is 0 Å². The quantitative estimate of drug-likeness (QED) is 0.413. The Morgan fingerprint density at radius 2 is 2.57 bits per heavy atom. The van der Waals surface area contributed by atoms with Crippen molar-refractivity contribution in [3.8, 4) is 0 Å². The second kappa shape index (κ2) is 3.40. The first-order valence-electron chi connectivity index (χ1n) is 2.17. The van der Waals surface area contributed by atoms with Gasteiger partial charge in [-0.05, 0) is 13.0 Å². The lowest BCUT2D eigenvalue weighted by molar-refractivity contribution is 0.410. The monoisotopic (exact) mass is 99.1 g/mol. The summed E-state index contributed by atoms with van der Waals surface area (Å²) in [5, 5.41) is 8.29. The largest absolute Gasteiger partial charge is 0.494 e. The Kier molecular flexibility index (Phi) is 3.02. The molecule has 0 aromatic heterocycles. The Balaban J connectivity index is 3.26. The number of hydrogen-bond donors (Lipinski definition) is 1. The van der Waals surface area contributed by atoms with Crippen molar-refractivity contribution in [2.45, 2.75) is 13.3 Å². The van der Waals surface area contributed by atoms with Crippen LogP contribution in [0.3, 0.4) is 0 Å². The van der Waals surface area contributed by atoms with Crippen molar-refractivity contribution < 1.29 is 5.11 Å². The maximum Gasteiger partial charge on any atom is 0.202 e. The molecule has 0 bridgehead atoms. The summed E-state index contributed by atoms with van der Waals surface area (Å²) >= 11 is 0. The van der Waals surface area contributed by atoms with Gasteiger partial charge in [0.15, 0.2) is 0 Å². The number of aliphatic imine (C=N–C) groups is 1. The molecule has 0 amide bonds. The second-order valence-corrected chi connectivity index (χ2v) is 1.14. The Bertz CT molecular complexity index is 86.1. The van der Waals surface area contributed by atoms with E-state index in [4.69, 9.17) is 5.11 Å². The zero-order valence-corrected chi connectivity index (χ0v) is 4.39. The summed E-state index contributed by atoms with van der Waals surface area (Å²) in [4.78, 5) is 3.48. The molecule has 0 rings (SSSR count). The molecule has 2 nitrogen and oxygen atoms in total. The lowest BCUT2D eigenvalue weighted by atomic mass is 10.5. The van der Waals surface area contributed by atoms with Gasteiger partial charge < -0.3 is 5.11 Å². The molecule has 40 valence electrons. The van der Waals surface area contributed by atoms with E-state index in [1.165, 1.54) is 0 Å². The van der Waals surface area contributed by atoms with Gasteiger partial charge in [-0.3, -0.25) is 0 Å². The maximum absolute atomic E-state index is 8.29. The molecule has 0 atom stereocenters. The minimum absolute atomic E-state index is 0.123. The molecule has 0 aromatic rings. The maximum atomic E-state index is 8.29. The van der Waals surface area contributed by atoms with Crippen LogP contribution in [0.5, 0.6) is 0 Å². The van der Waals surface area contributed by atoms with Gasteiger partial charge in [0.25, 0.3) is 0 Å². The van der Waals surface area contributed by atoms with Crippen molar-refractivity contribution >= 4 is 6.21 Å². The summed E-state index contributed by atoms with van der Waals surface area (Å²) in [7, 11) is 0. The van der Waals surface area contributed by atoms with Crippen molar-refractivity contribution in [2.24, 2.45) is 4.99 Å². The lowest BCUT2D eigenvalue weighted by Crippen LogP contribution is -1.70. The molecular weight excluding hydrogens is 90.1 g/mol. The number of aliphatic hydroxyl groups excluding tert-OH is 1. The van der Waals surface area contributed by atoms with E-state index in [2.05, 4.69) is 11.6 Å². The second-order valence-electron chi connectivity index (χ2n) is 1.14. The van der Waals surface area contributed by atoms with Crippen LogP contribution in [0.1, 0.15) is 13.3 Å². The van der Waals surface area contributed by atoms with Gasteiger partial charge in [-0.1, -0.05) is 6.92 Å². The highest BCUT2D eigenvalue weighted by molar-refractivity contribution is 5.57. The fourth-order valence-corrected chi connectivity index (χ4v) is 0.197. The molecule has 2 heteroatoms. The fourth-order valence-electron chi connectivity index (χ4n) is 0.197. The van der Waals surface area contributed by atoms with E-state index in [1.54, 1.807) is 6.21 Å². The zero-order chi connectivity index (χ0) is 5.70. The Labute approximate surface area is 43.2 Å². The van der Waals surface area contributed by atoms with Gasteiger partial charge >= 0.3 is 0 Å². The minimum atomic E-state index is -0.123. The molecule has 7 heavy (non-hydrogen) atoms. The summed E-state index contributed by atoms with van der Waals surface area (Å²) in [6.07, 6.45) is 2.43. The summed E-state index contributed by atoms with van der Waals surface area (Å²) in [5.41, 5.74) is 0. The van der Waals surface area contributed by atoms with E-state index >= 15 is 0 Å². The third-order valence-electron chi connectivity index (χ3n) is 0.423. The Hall–Kier alpha value is -0.790. The van der Waals surface area contributed by atoms with Gasteiger partial charge in [0, 0.05) is 6.21 Å². The molecule has 1 N–H and O–H groups in total. The highest BCUT2D eigenvalue weighted by atomic mass is 16.3. The van der Waals surface area contributed by atoms with Gasteiger partial charge in [-0.25, -0.2) is 4.99 Å². The van der Waals surface area contributed by atoms with Crippen LogP contribution < -0.4 is 0 Å². The molecular formula is C5H9NO. The first-order chi connectivity index (χ1) is 3.27. The number of aliphatic hydroxyl groups is 1. The predicted molar refractivity (Wildman–Crippen MR) is 30.6 cm³/mol. The van der Waals surface area contributed by atoms with Crippen LogP contribution in [0, 0.1) is 0 Å². The molecule has 0 saturated carbocycles. The third-order valence-corrected chi connectivity index (χ3v) is 0.423. The van der Waals surface area contributed by atoms with E-state index in [0.29, 0.717) is 0 Å². The van der Waals surface area contributed by atoms with Gasteiger partial charge in [-0.15, -0.1) is 0 Å². The molecule has 0 saturated heterocycles. The van der Waals surface area contributed by atoms with Crippen LogP contribution in [0.25, 0.3) is 0 Å². The van der Waals surface area contributed by atoms with E-state index < -0.39 is 0 Å². The van der Waals surface area contributed by atoms with E-state index in [0.717, 1.165) is 6.42 Å². The van der Waals surface area contributed by atoms with Crippen molar-refractivity contribution in [1.82, 2.24) is 0 Å². The molecule has 0 heterocycles. The van der Waals surface area contributed by atoms with Crippen molar-refractivity contribution in [3.63, 3.8) is 0 Å². The standard InChI is InChI=1S/C5H9NO/c1-3-4-6-5(2)7/h4,7H,2-3H2,1H3. The molecule has 0 unspecified atom stereocenters. The van der Waals surface area contributed by atoms with Crippen LogP contribution in [0.2, 0.25) is 0 Å². The molecule has 0 fully saturated rings. The van der Waals surface area contributed by atoms with Crippen molar-refractivity contribution in [2.75, 3.05) is 0 Å². The highest BCUT2D eigenvalue weighted by Gasteiger charge is 1.70. The normalized spacial score (nSPS) is 9.86. The van der Waals surface area contributed by atoms with E-state index in [-0.39, 0.29) is 5.88 Å². The SMILES string of the molecule is C=C(O)N=CCC. The molecule has 0 aliphatic rings.